The number of nitrogens with one attached hydrogen (secondary N) is 1. The Hall–Kier alpha value is -3.71. The van der Waals surface area contributed by atoms with Gasteiger partial charge >= 0.3 is 0 Å². The Morgan fingerprint density at radius 1 is 1.06 bits per heavy atom. The van der Waals surface area contributed by atoms with E-state index in [9.17, 15) is 14.7 Å². The van der Waals surface area contributed by atoms with Gasteiger partial charge in [0.2, 0.25) is 0 Å². The summed E-state index contributed by atoms with van der Waals surface area (Å²) in [6.07, 6.45) is 1.54. The molecule has 0 radical (unpaired) electrons. The second kappa shape index (κ2) is 7.52. The van der Waals surface area contributed by atoms with E-state index in [0.29, 0.717) is 22.1 Å². The lowest BCUT2D eigenvalue weighted by Gasteiger charge is -2.32. The predicted octanol–water partition coefficient (Wildman–Crippen LogP) is 1.12. The van der Waals surface area contributed by atoms with Crippen molar-refractivity contribution in [3.63, 3.8) is 0 Å². The lowest BCUT2D eigenvalue weighted by atomic mass is 10.0. The molecule has 2 N–H and O–H groups in total. The molecule has 156 valence electrons. The number of aromatic hydroxyl groups is 1. The largest absolute Gasteiger partial charge is 0.507 e. The van der Waals surface area contributed by atoms with Crippen LogP contribution >= 0.6 is 0 Å². The summed E-state index contributed by atoms with van der Waals surface area (Å²) >= 11 is 0. The zero-order valence-electron chi connectivity index (χ0n) is 17.2. The Kier molecular flexibility index (Phi) is 4.67. The summed E-state index contributed by atoms with van der Waals surface area (Å²) in [6.45, 7) is 3.53. The molecule has 7 heteroatoms. The smallest absolute Gasteiger partial charge is 0.265 e. The van der Waals surface area contributed by atoms with Gasteiger partial charge in [0, 0.05) is 11.8 Å². The third-order valence-corrected chi connectivity index (χ3v) is 5.97. The topological polar surface area (TPSA) is 79.4 Å². The first-order valence-corrected chi connectivity index (χ1v) is 10.4. The van der Waals surface area contributed by atoms with Gasteiger partial charge in [-0.25, -0.2) is 4.98 Å². The molecule has 1 saturated heterocycles. The standard InChI is InChI=1S/C24H22N4O3/c1-26-10-12-27(13-11-26)20-14-16(22(30)18-7-3-5-9-21(18)29)15-28-23(20)25-19-8-4-2-6-17(19)24(28)31/h2-9,14-15,29H,10-13H2,1H3/p+1. The van der Waals surface area contributed by atoms with Crippen molar-refractivity contribution in [1.29, 1.82) is 0 Å². The summed E-state index contributed by atoms with van der Waals surface area (Å²) in [4.78, 5) is 35.0. The lowest BCUT2D eigenvalue weighted by molar-refractivity contribution is -0.880. The van der Waals surface area contributed by atoms with Crippen LogP contribution in [-0.2, 0) is 0 Å². The molecule has 0 bridgehead atoms. The number of hydrogen-bond acceptors (Lipinski definition) is 5. The Balaban J connectivity index is 1.77. The molecule has 1 fully saturated rings. The van der Waals surface area contributed by atoms with Crippen LogP contribution in [0.5, 0.6) is 5.75 Å². The molecule has 0 saturated carbocycles. The van der Waals surface area contributed by atoms with Crippen LogP contribution in [0.2, 0.25) is 0 Å². The van der Waals surface area contributed by atoms with E-state index in [0.717, 1.165) is 31.9 Å². The Labute approximate surface area is 178 Å². The molecule has 1 aliphatic heterocycles. The number of anilines is 1. The number of nitrogens with zero attached hydrogens (tertiary/aromatic N) is 3. The van der Waals surface area contributed by atoms with Gasteiger partial charge in [-0.05, 0) is 30.3 Å². The number of likely N-dealkylation sites (N-methyl/N-ethyl adjacent to an activating group) is 1. The maximum absolute atomic E-state index is 13.3. The first-order valence-electron chi connectivity index (χ1n) is 10.4. The number of carbonyl (C=O) groups excluding carboxylic acids is 1. The van der Waals surface area contributed by atoms with E-state index in [2.05, 4.69) is 11.9 Å². The molecular formula is C24H23N4O3+. The molecule has 5 rings (SSSR count). The van der Waals surface area contributed by atoms with Crippen molar-refractivity contribution in [2.45, 2.75) is 0 Å². The zero-order valence-corrected chi connectivity index (χ0v) is 17.2. The molecule has 0 amide bonds. The lowest BCUT2D eigenvalue weighted by Crippen LogP contribution is -3.12. The van der Waals surface area contributed by atoms with Crippen molar-refractivity contribution < 1.29 is 14.8 Å². The fourth-order valence-corrected chi connectivity index (χ4v) is 4.14. The van der Waals surface area contributed by atoms with Crippen LogP contribution in [0.4, 0.5) is 5.69 Å². The van der Waals surface area contributed by atoms with Gasteiger partial charge in [0.15, 0.2) is 11.4 Å². The number of piperazine rings is 1. The van der Waals surface area contributed by atoms with Crippen LogP contribution < -0.4 is 15.4 Å². The summed E-state index contributed by atoms with van der Waals surface area (Å²) in [5.41, 5.74) is 2.27. The number of pyridine rings is 1. The van der Waals surface area contributed by atoms with Crippen molar-refractivity contribution in [2.75, 3.05) is 38.1 Å². The van der Waals surface area contributed by atoms with Crippen molar-refractivity contribution >= 4 is 28.0 Å². The molecule has 7 nitrogen and oxygen atoms in total. The fourth-order valence-electron chi connectivity index (χ4n) is 4.14. The number of quaternary nitrogens is 1. The highest BCUT2D eigenvalue weighted by Crippen LogP contribution is 2.26. The normalized spacial score (nSPS) is 14.9. The van der Waals surface area contributed by atoms with Crippen LogP contribution in [0.25, 0.3) is 16.6 Å². The molecule has 0 unspecified atom stereocenters. The Bertz CT molecular complexity index is 1370. The highest BCUT2D eigenvalue weighted by atomic mass is 16.3. The van der Waals surface area contributed by atoms with Gasteiger partial charge in [-0.2, -0.15) is 0 Å². The second-order valence-corrected chi connectivity index (χ2v) is 8.03. The maximum Gasteiger partial charge on any atom is 0.265 e. The van der Waals surface area contributed by atoms with Gasteiger partial charge in [0.1, 0.15) is 5.75 Å². The number of benzene rings is 2. The van der Waals surface area contributed by atoms with Crippen LogP contribution in [0, 0.1) is 0 Å². The first kappa shape index (κ1) is 19.3. The minimum absolute atomic E-state index is 0.0821. The molecule has 0 spiro atoms. The highest BCUT2D eigenvalue weighted by molar-refractivity contribution is 6.11. The van der Waals surface area contributed by atoms with Crippen LogP contribution in [-0.4, -0.2) is 53.5 Å². The average molecular weight is 415 g/mol. The van der Waals surface area contributed by atoms with Gasteiger partial charge in [0.25, 0.3) is 5.56 Å². The summed E-state index contributed by atoms with van der Waals surface area (Å²) in [6, 6.07) is 15.5. The molecule has 0 aliphatic carbocycles. The van der Waals surface area contributed by atoms with E-state index in [1.807, 2.05) is 12.1 Å². The SMILES string of the molecule is C[NH+]1CCN(c2cc(C(=O)c3ccccc3O)cn3c(=O)c4ccccc4nc23)CC1. The Morgan fingerprint density at radius 3 is 2.55 bits per heavy atom. The minimum atomic E-state index is -0.332. The Morgan fingerprint density at radius 2 is 1.77 bits per heavy atom. The van der Waals surface area contributed by atoms with Gasteiger partial charge in [-0.1, -0.05) is 24.3 Å². The highest BCUT2D eigenvalue weighted by Gasteiger charge is 2.23. The number of hydrogen-bond donors (Lipinski definition) is 2. The van der Waals surface area contributed by atoms with Crippen molar-refractivity contribution in [2.24, 2.45) is 0 Å². The number of carbonyl (C=O) groups is 1. The molecule has 31 heavy (non-hydrogen) atoms. The number of phenolic OH excluding ortho intramolecular Hbond substituents is 1. The number of fused-ring (bicyclic) bond motifs is 2. The van der Waals surface area contributed by atoms with Crippen molar-refractivity contribution in [3.05, 3.63) is 82.3 Å². The zero-order chi connectivity index (χ0) is 21.5. The molecule has 3 heterocycles. The predicted molar refractivity (Wildman–Crippen MR) is 119 cm³/mol. The van der Waals surface area contributed by atoms with Crippen LogP contribution in [0.3, 0.4) is 0 Å². The third-order valence-electron chi connectivity index (χ3n) is 5.97. The number of ketones is 1. The van der Waals surface area contributed by atoms with Crippen LogP contribution in [0.15, 0.2) is 65.6 Å². The van der Waals surface area contributed by atoms with Crippen molar-refractivity contribution in [3.8, 4) is 5.75 Å². The molecular weight excluding hydrogens is 392 g/mol. The summed E-state index contributed by atoms with van der Waals surface area (Å²) in [5, 5.41) is 10.7. The van der Waals surface area contributed by atoms with Gasteiger partial charge in [-0.15, -0.1) is 0 Å². The van der Waals surface area contributed by atoms with Gasteiger partial charge in [-0.3, -0.25) is 14.0 Å². The minimum Gasteiger partial charge on any atom is -0.507 e. The van der Waals surface area contributed by atoms with Crippen molar-refractivity contribution in [1.82, 2.24) is 9.38 Å². The van der Waals surface area contributed by atoms with Gasteiger partial charge < -0.3 is 14.9 Å². The van der Waals surface area contributed by atoms with E-state index in [4.69, 9.17) is 4.98 Å². The average Bonchev–Trinajstić information content (AvgIpc) is 2.79. The summed E-state index contributed by atoms with van der Waals surface area (Å²) in [5.74, 6) is -0.414. The third kappa shape index (κ3) is 3.33. The number of para-hydroxylation sites is 2. The molecule has 1 aliphatic rings. The summed E-state index contributed by atoms with van der Waals surface area (Å²) < 4.78 is 1.47. The van der Waals surface area contributed by atoms with Crippen LogP contribution in [0.1, 0.15) is 15.9 Å². The maximum atomic E-state index is 13.3. The quantitative estimate of drug-likeness (QED) is 0.387. The van der Waals surface area contributed by atoms with E-state index >= 15 is 0 Å². The van der Waals surface area contributed by atoms with E-state index in [1.54, 1.807) is 36.4 Å². The monoisotopic (exact) mass is 415 g/mol. The van der Waals surface area contributed by atoms with E-state index in [1.165, 1.54) is 21.6 Å². The van der Waals surface area contributed by atoms with E-state index in [-0.39, 0.29) is 22.7 Å². The van der Waals surface area contributed by atoms with E-state index < -0.39 is 0 Å². The fraction of sp³-hybridized carbons (Fsp3) is 0.208. The van der Waals surface area contributed by atoms with Gasteiger partial charge in [0.05, 0.1) is 55.4 Å². The molecule has 2 aromatic carbocycles. The second-order valence-electron chi connectivity index (χ2n) is 8.03. The number of phenols is 1. The molecule has 4 aromatic rings. The summed E-state index contributed by atoms with van der Waals surface area (Å²) in [7, 11) is 2.16. The number of aromatic nitrogens is 2. The first-order chi connectivity index (χ1) is 15.0. The number of rotatable bonds is 3. The molecule has 0 atom stereocenters. The molecule has 2 aromatic heterocycles.